The first kappa shape index (κ1) is 13.1. The monoisotopic (exact) mass is 378 g/mol. The number of carbonyl (C=O) groups is 1. The largest absolute Gasteiger partial charge is 0.302 e. The van der Waals surface area contributed by atoms with Gasteiger partial charge < -0.3 is 4.79 Å². The van der Waals surface area contributed by atoms with Crippen LogP contribution in [0.15, 0.2) is 40.9 Å². The lowest BCUT2D eigenvalue weighted by molar-refractivity contribution is -0.107. The lowest BCUT2D eigenvalue weighted by Crippen LogP contribution is -2.05. The average Bonchev–Trinajstić information content (AvgIpc) is 2.45. The smallest absolute Gasteiger partial charge is 0.138 e. The Bertz CT molecular complexity index is 649. The minimum absolute atomic E-state index is 0.205. The number of halogens is 2. The van der Waals surface area contributed by atoms with E-state index in [-0.39, 0.29) is 4.83 Å². The van der Waals surface area contributed by atoms with Gasteiger partial charge in [0, 0.05) is 4.47 Å². The highest BCUT2D eigenvalue weighted by Crippen LogP contribution is 2.36. The Kier molecular flexibility index (Phi) is 3.59. The van der Waals surface area contributed by atoms with Gasteiger partial charge in [0.15, 0.2) is 0 Å². The van der Waals surface area contributed by atoms with Crippen LogP contribution in [0.4, 0.5) is 0 Å². The first-order valence-corrected chi connectivity index (χ1v) is 7.91. The van der Waals surface area contributed by atoms with Crippen LogP contribution < -0.4 is 0 Å². The summed E-state index contributed by atoms with van der Waals surface area (Å²) in [5.41, 5.74) is 6.37. The van der Waals surface area contributed by atoms with Gasteiger partial charge in [0.2, 0.25) is 0 Å². The number of carbonyl (C=O) groups excluding carboxylic acids is 1. The van der Waals surface area contributed by atoms with Crippen molar-refractivity contribution in [2.45, 2.75) is 17.7 Å². The molecule has 0 bridgehead atoms. The molecule has 0 radical (unpaired) electrons. The van der Waals surface area contributed by atoms with E-state index in [9.17, 15) is 4.79 Å². The molecule has 0 spiro atoms. The van der Waals surface area contributed by atoms with Crippen LogP contribution >= 0.6 is 31.9 Å². The van der Waals surface area contributed by atoms with Crippen LogP contribution in [-0.4, -0.2) is 6.29 Å². The molecule has 3 rings (SSSR count). The Morgan fingerprint density at radius 1 is 1.00 bits per heavy atom. The van der Waals surface area contributed by atoms with Crippen molar-refractivity contribution in [2.75, 3.05) is 0 Å². The predicted molar refractivity (Wildman–Crippen MR) is 84.7 cm³/mol. The molecule has 1 aliphatic carbocycles. The molecule has 2 aromatic carbocycles. The summed E-state index contributed by atoms with van der Waals surface area (Å²) in [5, 5.41) is 0. The molecule has 0 saturated heterocycles. The molecule has 0 amide bonds. The fourth-order valence-electron chi connectivity index (χ4n) is 2.63. The van der Waals surface area contributed by atoms with Crippen LogP contribution in [0.2, 0.25) is 0 Å². The molecule has 2 aromatic rings. The van der Waals surface area contributed by atoms with Gasteiger partial charge in [0.1, 0.15) is 6.29 Å². The van der Waals surface area contributed by atoms with Crippen LogP contribution in [0, 0.1) is 0 Å². The van der Waals surface area contributed by atoms with Gasteiger partial charge in [-0.1, -0.05) is 56.1 Å². The number of hydrogen-bond donors (Lipinski definition) is 0. The van der Waals surface area contributed by atoms with Gasteiger partial charge in [0.05, 0.1) is 4.83 Å². The van der Waals surface area contributed by atoms with E-state index >= 15 is 0 Å². The topological polar surface area (TPSA) is 17.1 Å². The highest BCUT2D eigenvalue weighted by Gasteiger charge is 2.17. The Labute approximate surface area is 129 Å². The molecule has 1 nitrogen and oxygen atoms in total. The molecule has 19 heavy (non-hydrogen) atoms. The second kappa shape index (κ2) is 5.22. The second-order valence-corrected chi connectivity index (χ2v) is 6.66. The van der Waals surface area contributed by atoms with Gasteiger partial charge in [0.25, 0.3) is 0 Å². The zero-order chi connectivity index (χ0) is 13.4. The minimum atomic E-state index is -0.205. The molecule has 1 aliphatic rings. The van der Waals surface area contributed by atoms with Crippen molar-refractivity contribution < 1.29 is 4.79 Å². The molecule has 3 heteroatoms. The third-order valence-corrected chi connectivity index (χ3v) is 4.83. The molecule has 0 saturated carbocycles. The Morgan fingerprint density at radius 2 is 1.63 bits per heavy atom. The molecule has 0 fully saturated rings. The number of rotatable bonds is 2. The van der Waals surface area contributed by atoms with Crippen LogP contribution in [-0.2, 0) is 17.6 Å². The van der Waals surface area contributed by atoms with E-state index < -0.39 is 0 Å². The number of alkyl halides is 1. The third-order valence-electron chi connectivity index (χ3n) is 3.59. The minimum Gasteiger partial charge on any atom is -0.302 e. The van der Waals surface area contributed by atoms with Gasteiger partial charge in [-0.15, -0.1) is 0 Å². The summed E-state index contributed by atoms with van der Waals surface area (Å²) in [6, 6.07) is 12.8. The molecule has 1 atom stereocenters. The predicted octanol–water partition coefficient (Wildman–Crippen LogP) is 4.85. The number of benzene rings is 2. The number of hydrogen-bond acceptors (Lipinski definition) is 1. The van der Waals surface area contributed by atoms with E-state index in [1.54, 1.807) is 0 Å². The highest BCUT2D eigenvalue weighted by molar-refractivity contribution is 9.10. The van der Waals surface area contributed by atoms with Crippen LogP contribution in [0.3, 0.4) is 0 Å². The Balaban J connectivity index is 2.10. The van der Waals surface area contributed by atoms with Crippen molar-refractivity contribution in [2.24, 2.45) is 0 Å². The molecular formula is C16H12Br2O. The normalized spacial score (nSPS) is 14.4. The van der Waals surface area contributed by atoms with E-state index in [4.69, 9.17) is 0 Å². The van der Waals surface area contributed by atoms with Crippen molar-refractivity contribution in [3.8, 4) is 11.1 Å². The van der Waals surface area contributed by atoms with E-state index in [0.29, 0.717) is 0 Å². The maximum atomic E-state index is 10.9. The summed E-state index contributed by atoms with van der Waals surface area (Å²) in [4.78, 5) is 10.7. The summed E-state index contributed by atoms with van der Waals surface area (Å²) >= 11 is 6.91. The molecule has 0 N–H and O–H groups in total. The van der Waals surface area contributed by atoms with E-state index in [1.165, 1.54) is 22.3 Å². The van der Waals surface area contributed by atoms with Crippen LogP contribution in [0.25, 0.3) is 11.1 Å². The fourth-order valence-corrected chi connectivity index (χ4v) is 3.33. The van der Waals surface area contributed by atoms with Crippen LogP contribution in [0.5, 0.6) is 0 Å². The standard InChI is InChI=1S/C16H12Br2O/c17-13-4-6-15-11(8-13)2-1-10-7-12(16(18)9-19)3-5-14(10)15/h3-9,16H,1-2H2. The third kappa shape index (κ3) is 2.41. The molecule has 1 unspecified atom stereocenters. The van der Waals surface area contributed by atoms with Crippen molar-refractivity contribution in [1.29, 1.82) is 0 Å². The Hall–Kier alpha value is -0.930. The average molecular weight is 380 g/mol. The van der Waals surface area contributed by atoms with Gasteiger partial charge >= 0.3 is 0 Å². The second-order valence-electron chi connectivity index (χ2n) is 4.76. The molecule has 0 heterocycles. The fraction of sp³-hybridized carbons (Fsp3) is 0.188. The van der Waals surface area contributed by atoms with Gasteiger partial charge in [-0.3, -0.25) is 0 Å². The molecule has 96 valence electrons. The first-order valence-electron chi connectivity index (χ1n) is 6.20. The Morgan fingerprint density at radius 3 is 2.32 bits per heavy atom. The zero-order valence-corrected chi connectivity index (χ0v) is 13.4. The van der Waals surface area contributed by atoms with Crippen LogP contribution in [0.1, 0.15) is 21.5 Å². The number of fused-ring (bicyclic) bond motifs is 3. The lowest BCUT2D eigenvalue weighted by atomic mass is 9.84. The quantitative estimate of drug-likeness (QED) is 0.538. The zero-order valence-electron chi connectivity index (χ0n) is 10.2. The van der Waals surface area contributed by atoms with E-state index in [0.717, 1.165) is 29.2 Å². The van der Waals surface area contributed by atoms with Crippen molar-refractivity contribution >= 4 is 38.1 Å². The van der Waals surface area contributed by atoms with Crippen molar-refractivity contribution in [3.05, 3.63) is 57.6 Å². The van der Waals surface area contributed by atoms with Gasteiger partial charge in [-0.2, -0.15) is 0 Å². The maximum Gasteiger partial charge on any atom is 0.138 e. The summed E-state index contributed by atoms with van der Waals surface area (Å²) in [6.07, 6.45) is 3.01. The highest BCUT2D eigenvalue weighted by atomic mass is 79.9. The van der Waals surface area contributed by atoms with Gasteiger partial charge in [-0.25, -0.2) is 0 Å². The lowest BCUT2D eigenvalue weighted by Gasteiger charge is -2.21. The summed E-state index contributed by atoms with van der Waals surface area (Å²) < 4.78 is 1.13. The number of aryl methyl sites for hydroxylation is 2. The summed E-state index contributed by atoms with van der Waals surface area (Å²) in [5.74, 6) is 0. The summed E-state index contributed by atoms with van der Waals surface area (Å²) in [7, 11) is 0. The SMILES string of the molecule is O=CC(Br)c1ccc2c(c1)CCc1cc(Br)ccc1-2. The molecular weight excluding hydrogens is 368 g/mol. The van der Waals surface area contributed by atoms with E-state index in [2.05, 4.69) is 62.2 Å². The number of aldehydes is 1. The first-order chi connectivity index (χ1) is 9.19. The van der Waals surface area contributed by atoms with Gasteiger partial charge in [-0.05, 0) is 52.8 Å². The van der Waals surface area contributed by atoms with Crippen molar-refractivity contribution in [1.82, 2.24) is 0 Å². The summed E-state index contributed by atoms with van der Waals surface area (Å²) in [6.45, 7) is 0. The van der Waals surface area contributed by atoms with Crippen molar-refractivity contribution in [3.63, 3.8) is 0 Å². The van der Waals surface area contributed by atoms with E-state index in [1.807, 2.05) is 6.07 Å². The maximum absolute atomic E-state index is 10.9. The molecule has 0 aliphatic heterocycles. The molecule has 0 aromatic heterocycles.